The molecule has 2 aromatic rings. The maximum atomic E-state index is 13.2. The highest BCUT2D eigenvalue weighted by atomic mass is 32.1. The van der Waals surface area contributed by atoms with Crippen LogP contribution in [0.2, 0.25) is 0 Å². The number of carbonyl (C=O) groups is 1. The number of thiazole rings is 1. The summed E-state index contributed by atoms with van der Waals surface area (Å²) in [7, 11) is 1.63. The topological polar surface area (TPSA) is 33.2 Å². The highest BCUT2D eigenvalue weighted by molar-refractivity contribution is 7.13. The van der Waals surface area contributed by atoms with E-state index in [1.807, 2.05) is 6.92 Å². The smallest absolute Gasteiger partial charge is 0.265 e. The Balaban J connectivity index is 2.21. The molecule has 0 radical (unpaired) electrons. The first-order valence-corrected chi connectivity index (χ1v) is 6.86. The minimum atomic E-state index is -0.913. The number of nitrogens with zero attached hydrogens (tertiary/aromatic N) is 2. The lowest BCUT2D eigenvalue weighted by atomic mass is 10.1. The van der Waals surface area contributed by atoms with E-state index in [9.17, 15) is 13.6 Å². The lowest BCUT2D eigenvalue weighted by Crippen LogP contribution is -2.29. The zero-order valence-corrected chi connectivity index (χ0v) is 12.2. The molecule has 0 aliphatic heterocycles. The summed E-state index contributed by atoms with van der Waals surface area (Å²) in [6.07, 6.45) is 1.52. The van der Waals surface area contributed by atoms with Gasteiger partial charge >= 0.3 is 0 Å². The third-order valence-electron chi connectivity index (χ3n) is 3.16. The van der Waals surface area contributed by atoms with E-state index >= 15 is 0 Å². The van der Waals surface area contributed by atoms with Crippen LogP contribution in [-0.2, 0) is 0 Å². The van der Waals surface area contributed by atoms with Gasteiger partial charge in [-0.15, -0.1) is 11.3 Å². The van der Waals surface area contributed by atoms with Crippen molar-refractivity contribution in [2.24, 2.45) is 0 Å². The molecule has 0 N–H and O–H groups in total. The second-order valence-electron chi connectivity index (χ2n) is 4.51. The molecule has 20 heavy (non-hydrogen) atoms. The van der Waals surface area contributed by atoms with Crippen LogP contribution < -0.4 is 0 Å². The Hall–Kier alpha value is -1.82. The van der Waals surface area contributed by atoms with Crippen LogP contribution in [0.25, 0.3) is 0 Å². The number of hydrogen-bond acceptors (Lipinski definition) is 3. The molecule has 0 aliphatic rings. The molecule has 0 saturated heterocycles. The van der Waals surface area contributed by atoms with E-state index in [1.54, 1.807) is 14.0 Å². The zero-order valence-electron chi connectivity index (χ0n) is 11.4. The van der Waals surface area contributed by atoms with Gasteiger partial charge in [0.1, 0.15) is 4.88 Å². The number of rotatable bonds is 3. The van der Waals surface area contributed by atoms with Crippen molar-refractivity contribution in [1.29, 1.82) is 0 Å². The summed E-state index contributed by atoms with van der Waals surface area (Å²) in [4.78, 5) is 18.3. The Morgan fingerprint density at radius 2 is 2.05 bits per heavy atom. The Bertz CT molecular complexity index is 642. The van der Waals surface area contributed by atoms with Gasteiger partial charge in [0.25, 0.3) is 5.91 Å². The molecular formula is C14H14F2N2OS. The molecule has 1 aromatic heterocycles. The summed E-state index contributed by atoms with van der Waals surface area (Å²) < 4.78 is 26.2. The molecule has 0 bridgehead atoms. The summed E-state index contributed by atoms with van der Waals surface area (Å²) >= 11 is 1.31. The molecule has 106 valence electrons. The molecule has 0 fully saturated rings. The van der Waals surface area contributed by atoms with Crippen LogP contribution in [0, 0.1) is 18.6 Å². The van der Waals surface area contributed by atoms with Gasteiger partial charge in [-0.3, -0.25) is 4.79 Å². The summed E-state index contributed by atoms with van der Waals surface area (Å²) in [5.74, 6) is -2.00. The van der Waals surface area contributed by atoms with Crippen molar-refractivity contribution < 1.29 is 13.6 Å². The van der Waals surface area contributed by atoms with E-state index in [4.69, 9.17) is 0 Å². The van der Waals surface area contributed by atoms with Crippen molar-refractivity contribution in [2.75, 3.05) is 7.05 Å². The predicted octanol–water partition coefficient (Wildman–Crippen LogP) is 3.56. The van der Waals surface area contributed by atoms with Gasteiger partial charge in [0, 0.05) is 7.05 Å². The molecule has 1 amide bonds. The molecule has 3 nitrogen and oxygen atoms in total. The van der Waals surface area contributed by atoms with Crippen LogP contribution in [0.5, 0.6) is 0 Å². The summed E-state index contributed by atoms with van der Waals surface area (Å²) in [5.41, 5.74) is 0.543. The molecule has 0 spiro atoms. The largest absolute Gasteiger partial charge is 0.334 e. The van der Waals surface area contributed by atoms with E-state index in [1.165, 1.54) is 28.5 Å². The average Bonchev–Trinajstić information content (AvgIpc) is 2.86. The van der Waals surface area contributed by atoms with E-state index in [2.05, 4.69) is 4.98 Å². The van der Waals surface area contributed by atoms with Gasteiger partial charge in [-0.25, -0.2) is 13.8 Å². The highest BCUT2D eigenvalue weighted by Crippen LogP contribution is 2.24. The minimum absolute atomic E-state index is 0.187. The number of aromatic nitrogens is 1. The molecule has 6 heteroatoms. The molecule has 1 atom stereocenters. The first-order chi connectivity index (χ1) is 9.40. The Morgan fingerprint density at radius 1 is 1.35 bits per heavy atom. The molecule has 2 rings (SSSR count). The first kappa shape index (κ1) is 14.6. The quantitative estimate of drug-likeness (QED) is 0.867. The van der Waals surface area contributed by atoms with Crippen LogP contribution >= 0.6 is 11.3 Å². The van der Waals surface area contributed by atoms with Gasteiger partial charge < -0.3 is 4.90 Å². The number of benzene rings is 1. The van der Waals surface area contributed by atoms with Crippen LogP contribution in [0.15, 0.2) is 24.4 Å². The van der Waals surface area contributed by atoms with Crippen LogP contribution in [0.4, 0.5) is 8.78 Å². The van der Waals surface area contributed by atoms with E-state index in [0.717, 1.165) is 17.1 Å². The van der Waals surface area contributed by atoms with Gasteiger partial charge in [-0.2, -0.15) is 0 Å². The minimum Gasteiger partial charge on any atom is -0.334 e. The van der Waals surface area contributed by atoms with E-state index in [-0.39, 0.29) is 11.9 Å². The highest BCUT2D eigenvalue weighted by Gasteiger charge is 2.21. The third-order valence-corrected chi connectivity index (χ3v) is 4.06. The lowest BCUT2D eigenvalue weighted by Gasteiger charge is -2.24. The fourth-order valence-electron chi connectivity index (χ4n) is 1.81. The number of aryl methyl sites for hydroxylation is 1. The van der Waals surface area contributed by atoms with Gasteiger partial charge in [-0.1, -0.05) is 6.07 Å². The van der Waals surface area contributed by atoms with Crippen molar-refractivity contribution >= 4 is 17.2 Å². The van der Waals surface area contributed by atoms with Crippen molar-refractivity contribution in [3.05, 3.63) is 51.5 Å². The van der Waals surface area contributed by atoms with Crippen molar-refractivity contribution in [2.45, 2.75) is 19.9 Å². The van der Waals surface area contributed by atoms with Gasteiger partial charge in [0.05, 0.1) is 17.2 Å². The second kappa shape index (κ2) is 5.66. The third kappa shape index (κ3) is 2.85. The Kier molecular flexibility index (Phi) is 4.13. The standard InChI is InChI=1S/C14H14F2N2OS/c1-8(10-4-5-11(15)12(16)6-10)18(3)14(19)13-7-17-9(2)20-13/h4-8H,1-3H3/t8-/m1/s1. The Morgan fingerprint density at radius 3 is 2.60 bits per heavy atom. The molecule has 0 saturated carbocycles. The number of halogens is 2. The summed E-state index contributed by atoms with van der Waals surface area (Å²) in [6.45, 7) is 3.58. The van der Waals surface area contributed by atoms with Gasteiger partial charge in [-0.05, 0) is 31.5 Å². The van der Waals surface area contributed by atoms with Crippen molar-refractivity contribution in [3.8, 4) is 0 Å². The zero-order chi connectivity index (χ0) is 14.9. The molecular weight excluding hydrogens is 282 g/mol. The maximum Gasteiger partial charge on any atom is 0.265 e. The first-order valence-electron chi connectivity index (χ1n) is 6.04. The lowest BCUT2D eigenvalue weighted by molar-refractivity contribution is 0.0747. The normalized spacial score (nSPS) is 12.2. The van der Waals surface area contributed by atoms with Crippen LogP contribution in [0.3, 0.4) is 0 Å². The Labute approximate surface area is 119 Å². The van der Waals surface area contributed by atoms with Crippen molar-refractivity contribution in [1.82, 2.24) is 9.88 Å². The van der Waals surface area contributed by atoms with E-state index < -0.39 is 11.6 Å². The summed E-state index contributed by atoms with van der Waals surface area (Å²) in [5, 5.41) is 0.808. The second-order valence-corrected chi connectivity index (χ2v) is 5.74. The van der Waals surface area contributed by atoms with Crippen LogP contribution in [0.1, 0.15) is 33.2 Å². The summed E-state index contributed by atoms with van der Waals surface area (Å²) in [6, 6.07) is 3.29. The van der Waals surface area contributed by atoms with Gasteiger partial charge in [0.2, 0.25) is 0 Å². The van der Waals surface area contributed by atoms with Crippen LogP contribution in [-0.4, -0.2) is 22.8 Å². The van der Waals surface area contributed by atoms with Crippen molar-refractivity contribution in [3.63, 3.8) is 0 Å². The molecule has 1 aromatic carbocycles. The average molecular weight is 296 g/mol. The monoisotopic (exact) mass is 296 g/mol. The maximum absolute atomic E-state index is 13.2. The molecule has 1 heterocycles. The number of carbonyl (C=O) groups excluding carboxylic acids is 1. The van der Waals surface area contributed by atoms with E-state index in [0.29, 0.717) is 10.4 Å². The number of hydrogen-bond donors (Lipinski definition) is 0. The SMILES string of the molecule is Cc1ncc(C(=O)N(C)[C@H](C)c2ccc(F)c(F)c2)s1. The molecule has 0 aliphatic carbocycles. The predicted molar refractivity (Wildman–Crippen MR) is 73.7 cm³/mol. The molecule has 0 unspecified atom stereocenters. The number of amides is 1. The van der Waals surface area contributed by atoms with Gasteiger partial charge in [0.15, 0.2) is 11.6 Å². The fourth-order valence-corrected chi connectivity index (χ4v) is 2.57. The fraction of sp³-hybridized carbons (Fsp3) is 0.286.